The molecule has 0 aromatic carbocycles. The molecule has 3 nitrogen and oxygen atoms in total. The molecule has 4 aliphatic carbocycles. The Bertz CT molecular complexity index is 648. The molecule has 8 atom stereocenters. The van der Waals surface area contributed by atoms with Gasteiger partial charge in [0.05, 0.1) is 12.2 Å². The van der Waals surface area contributed by atoms with Crippen LogP contribution in [0.25, 0.3) is 0 Å². The lowest BCUT2D eigenvalue weighted by Gasteiger charge is -2.57. The number of carbonyl (C=O) groups is 1. The summed E-state index contributed by atoms with van der Waals surface area (Å²) in [5, 5.41) is 10.6. The third-order valence-corrected chi connectivity index (χ3v) is 9.67. The monoisotopic (exact) mass is 372 g/mol. The van der Waals surface area contributed by atoms with Crippen LogP contribution in [0.15, 0.2) is 11.6 Å². The number of ether oxygens (including phenoxy) is 1. The van der Waals surface area contributed by atoms with Crippen molar-refractivity contribution >= 4 is 5.78 Å². The maximum Gasteiger partial charge on any atom is 0.159 e. The molecule has 0 radical (unpaired) electrons. The van der Waals surface area contributed by atoms with Crippen molar-refractivity contribution in [2.45, 2.75) is 90.3 Å². The molecule has 0 bridgehead atoms. The van der Waals surface area contributed by atoms with Crippen LogP contribution in [0, 0.1) is 34.5 Å². The second kappa shape index (κ2) is 6.42. The van der Waals surface area contributed by atoms with E-state index in [1.54, 1.807) is 0 Å². The molecule has 4 fully saturated rings. The van der Waals surface area contributed by atoms with Gasteiger partial charge in [-0.25, -0.2) is 0 Å². The van der Waals surface area contributed by atoms with Gasteiger partial charge < -0.3 is 9.84 Å². The molecule has 5 aliphatic rings. The second-order valence-corrected chi connectivity index (χ2v) is 10.8. The molecule has 0 aromatic rings. The molecule has 1 heterocycles. The minimum atomic E-state index is -0.214. The number of hydrogen-bond acceptors (Lipinski definition) is 3. The van der Waals surface area contributed by atoms with Crippen molar-refractivity contribution in [3.8, 4) is 0 Å². The van der Waals surface area contributed by atoms with E-state index >= 15 is 0 Å². The fraction of sp³-hybridized carbons (Fsp3) is 0.875. The fourth-order valence-electron chi connectivity index (χ4n) is 7.86. The standard InChI is InChI=1S/C24H36O3/c1-23-10-8-15(20-5-3-4-12-27-20)13-16(23)14-19(25)22-17-6-7-21(26)24(17,2)11-9-18(22)23/h14-15,17-18,20-22,26H,3-13H2,1-2H3/t15-,17?,18?,20?,21-,22?,23-,24-/m0/s1. The largest absolute Gasteiger partial charge is 0.393 e. The van der Waals surface area contributed by atoms with Crippen LogP contribution in [-0.4, -0.2) is 29.7 Å². The van der Waals surface area contributed by atoms with Gasteiger partial charge >= 0.3 is 0 Å². The van der Waals surface area contributed by atoms with E-state index in [9.17, 15) is 9.90 Å². The molecule has 5 rings (SSSR count). The number of hydrogen-bond donors (Lipinski definition) is 1. The van der Waals surface area contributed by atoms with Crippen LogP contribution in [0.4, 0.5) is 0 Å². The highest BCUT2D eigenvalue weighted by Crippen LogP contribution is 2.64. The Morgan fingerprint density at radius 1 is 1.04 bits per heavy atom. The molecule has 0 spiro atoms. The average molecular weight is 373 g/mol. The van der Waals surface area contributed by atoms with Crippen molar-refractivity contribution in [3.05, 3.63) is 11.6 Å². The van der Waals surface area contributed by atoms with Crippen molar-refractivity contribution < 1.29 is 14.6 Å². The van der Waals surface area contributed by atoms with Gasteiger partial charge in [-0.1, -0.05) is 19.4 Å². The van der Waals surface area contributed by atoms with E-state index < -0.39 is 0 Å². The maximum absolute atomic E-state index is 13.3. The number of ketones is 1. The lowest BCUT2D eigenvalue weighted by molar-refractivity contribution is -0.136. The molecule has 150 valence electrons. The van der Waals surface area contributed by atoms with Crippen LogP contribution in [0.2, 0.25) is 0 Å². The highest BCUT2D eigenvalue weighted by Gasteiger charge is 2.60. The predicted octanol–water partition coefficient (Wildman–Crippen LogP) is 4.67. The molecule has 1 saturated heterocycles. The zero-order valence-corrected chi connectivity index (χ0v) is 17.1. The van der Waals surface area contributed by atoms with Crippen LogP contribution in [0.1, 0.15) is 78.1 Å². The zero-order chi connectivity index (χ0) is 18.8. The normalized spacial score (nSPS) is 52.6. The second-order valence-electron chi connectivity index (χ2n) is 10.8. The quantitative estimate of drug-likeness (QED) is 0.727. The molecular weight excluding hydrogens is 336 g/mol. The number of carbonyl (C=O) groups excluding carboxylic acids is 1. The number of aliphatic hydroxyl groups excluding tert-OH is 1. The summed E-state index contributed by atoms with van der Waals surface area (Å²) in [6.07, 6.45) is 13.6. The van der Waals surface area contributed by atoms with Crippen molar-refractivity contribution in [2.75, 3.05) is 6.61 Å². The van der Waals surface area contributed by atoms with Gasteiger partial charge in [-0.3, -0.25) is 4.79 Å². The molecule has 0 aromatic heterocycles. The van der Waals surface area contributed by atoms with Gasteiger partial charge in [-0.15, -0.1) is 0 Å². The molecule has 1 N–H and O–H groups in total. The van der Waals surface area contributed by atoms with Crippen LogP contribution in [0.3, 0.4) is 0 Å². The van der Waals surface area contributed by atoms with Crippen molar-refractivity contribution in [1.82, 2.24) is 0 Å². The molecular formula is C24H36O3. The number of rotatable bonds is 1. The zero-order valence-electron chi connectivity index (χ0n) is 17.1. The smallest absolute Gasteiger partial charge is 0.159 e. The predicted molar refractivity (Wildman–Crippen MR) is 105 cm³/mol. The summed E-state index contributed by atoms with van der Waals surface area (Å²) >= 11 is 0. The summed E-state index contributed by atoms with van der Waals surface area (Å²) in [6.45, 7) is 5.62. The number of aliphatic hydroxyl groups is 1. The van der Waals surface area contributed by atoms with Crippen LogP contribution in [-0.2, 0) is 9.53 Å². The molecule has 1 aliphatic heterocycles. The van der Waals surface area contributed by atoms with E-state index in [-0.39, 0.29) is 22.9 Å². The van der Waals surface area contributed by atoms with E-state index in [4.69, 9.17) is 4.74 Å². The number of fused-ring (bicyclic) bond motifs is 5. The van der Waals surface area contributed by atoms with Gasteiger partial charge in [0.1, 0.15) is 0 Å². The Kier molecular flexibility index (Phi) is 4.37. The average Bonchev–Trinajstić information content (AvgIpc) is 2.98. The first-order valence-electron chi connectivity index (χ1n) is 11.5. The minimum Gasteiger partial charge on any atom is -0.393 e. The Morgan fingerprint density at radius 2 is 1.89 bits per heavy atom. The maximum atomic E-state index is 13.3. The van der Waals surface area contributed by atoms with Gasteiger partial charge in [0, 0.05) is 12.5 Å². The van der Waals surface area contributed by atoms with Crippen LogP contribution >= 0.6 is 0 Å². The van der Waals surface area contributed by atoms with Gasteiger partial charge in [-0.05, 0) is 98.9 Å². The molecule has 3 heteroatoms. The summed E-state index contributed by atoms with van der Waals surface area (Å²) in [5.41, 5.74) is 1.59. The first kappa shape index (κ1) is 18.4. The summed E-state index contributed by atoms with van der Waals surface area (Å²) in [7, 11) is 0. The molecule has 27 heavy (non-hydrogen) atoms. The van der Waals surface area contributed by atoms with E-state index in [1.165, 1.54) is 37.7 Å². The topological polar surface area (TPSA) is 46.5 Å². The van der Waals surface area contributed by atoms with Gasteiger partial charge in [0.2, 0.25) is 0 Å². The molecule has 4 unspecified atom stereocenters. The Hall–Kier alpha value is -0.670. The van der Waals surface area contributed by atoms with Crippen LogP contribution < -0.4 is 0 Å². The summed E-state index contributed by atoms with van der Waals surface area (Å²) in [6, 6.07) is 0. The van der Waals surface area contributed by atoms with E-state index in [1.807, 2.05) is 0 Å². The lowest BCUT2D eigenvalue weighted by atomic mass is 9.47. The highest BCUT2D eigenvalue weighted by molar-refractivity contribution is 5.94. The highest BCUT2D eigenvalue weighted by atomic mass is 16.5. The molecule has 3 saturated carbocycles. The first-order chi connectivity index (χ1) is 12.9. The van der Waals surface area contributed by atoms with Gasteiger partial charge in [0.15, 0.2) is 5.78 Å². The Morgan fingerprint density at radius 3 is 2.67 bits per heavy atom. The van der Waals surface area contributed by atoms with Gasteiger partial charge in [0.25, 0.3) is 0 Å². The summed E-state index contributed by atoms with van der Waals surface area (Å²) in [5.74, 6) is 2.00. The van der Waals surface area contributed by atoms with E-state index in [2.05, 4.69) is 19.9 Å². The van der Waals surface area contributed by atoms with Crippen molar-refractivity contribution in [3.63, 3.8) is 0 Å². The first-order valence-corrected chi connectivity index (χ1v) is 11.5. The van der Waals surface area contributed by atoms with Gasteiger partial charge in [-0.2, -0.15) is 0 Å². The lowest BCUT2D eigenvalue weighted by Crippen LogP contribution is -2.54. The Balaban J connectivity index is 1.43. The SMILES string of the molecule is C[C@]12CC[C@H](C3CCCCO3)CC1=CC(=O)C1C2CC[C@@]2(C)C1CC[C@@H]2O. The summed E-state index contributed by atoms with van der Waals surface area (Å²) < 4.78 is 6.11. The Labute approximate surface area is 163 Å². The molecule has 0 amide bonds. The van der Waals surface area contributed by atoms with Crippen molar-refractivity contribution in [2.24, 2.45) is 34.5 Å². The van der Waals surface area contributed by atoms with Crippen molar-refractivity contribution in [1.29, 1.82) is 0 Å². The van der Waals surface area contributed by atoms with Crippen LogP contribution in [0.5, 0.6) is 0 Å². The minimum absolute atomic E-state index is 0.0360. The fourth-order valence-corrected chi connectivity index (χ4v) is 7.86. The third kappa shape index (κ3) is 2.64. The number of allylic oxidation sites excluding steroid dienone is 2. The van der Waals surface area contributed by atoms with E-state index in [0.29, 0.717) is 29.6 Å². The van der Waals surface area contributed by atoms with E-state index in [0.717, 1.165) is 38.7 Å². The third-order valence-electron chi connectivity index (χ3n) is 9.67. The summed E-state index contributed by atoms with van der Waals surface area (Å²) in [4.78, 5) is 13.3.